The van der Waals surface area contributed by atoms with Crippen molar-refractivity contribution in [3.05, 3.63) is 70.8 Å². The molecule has 0 aliphatic carbocycles. The first-order valence-electron chi connectivity index (χ1n) is 10.6. The van der Waals surface area contributed by atoms with Crippen molar-refractivity contribution < 1.29 is 41.5 Å². The molecule has 13 heteroatoms. The van der Waals surface area contributed by atoms with Gasteiger partial charge in [-0.3, -0.25) is 14.8 Å². The summed E-state index contributed by atoms with van der Waals surface area (Å²) in [7, 11) is 1.16. The average molecular weight is 536 g/mol. The molecule has 38 heavy (non-hydrogen) atoms. The Morgan fingerprint density at radius 2 is 1.39 bits per heavy atom. The third-order valence-electron chi connectivity index (χ3n) is 5.15. The van der Waals surface area contributed by atoms with Crippen LogP contribution in [0.15, 0.2) is 48.5 Å². The van der Waals surface area contributed by atoms with Crippen LogP contribution in [0.5, 0.6) is 0 Å². The number of nitrogens with one attached hydrogen (secondary N) is 4. The number of halogens is 5. The van der Waals surface area contributed by atoms with Gasteiger partial charge in [0.15, 0.2) is 0 Å². The SMILES string of the molecule is CNC(=O)NC(C)(C(F)F)[C@H](NC(=O)c1ccc(C#CC#Cc2ccc(C(F)(F)F)cc2)cc1)C(=O)NO. The highest BCUT2D eigenvalue weighted by molar-refractivity contribution is 5.98. The second kappa shape index (κ2) is 12.6. The molecular weight excluding hydrogens is 515 g/mol. The standard InChI is InChI=1S/C25H21F5N4O4/c1-24(22(26)27,33-23(37)31-2)19(21(36)34-38)32-20(35)17-11-7-15(8-12-17)5-3-4-6-16-9-13-18(14-10-16)25(28,29)30/h7-14,19,22,38H,1-2H3,(H,32,35)(H,34,36)(H2,31,33,37)/t19-,24?/m1/s1. The Bertz CT molecular complexity index is 1290. The van der Waals surface area contributed by atoms with Gasteiger partial charge in [0.2, 0.25) is 0 Å². The quantitative estimate of drug-likeness (QED) is 0.169. The van der Waals surface area contributed by atoms with Crippen molar-refractivity contribution in [1.29, 1.82) is 0 Å². The fourth-order valence-electron chi connectivity index (χ4n) is 2.98. The number of alkyl halides is 5. The van der Waals surface area contributed by atoms with Gasteiger partial charge in [0.05, 0.1) is 5.56 Å². The fourth-order valence-corrected chi connectivity index (χ4v) is 2.98. The van der Waals surface area contributed by atoms with E-state index in [2.05, 4.69) is 34.3 Å². The van der Waals surface area contributed by atoms with Crippen LogP contribution in [0.3, 0.4) is 0 Å². The summed E-state index contributed by atoms with van der Waals surface area (Å²) in [6.45, 7) is 0.817. The van der Waals surface area contributed by atoms with E-state index in [0.717, 1.165) is 26.1 Å². The number of carbonyl (C=O) groups is 3. The van der Waals surface area contributed by atoms with E-state index in [-0.39, 0.29) is 5.56 Å². The molecule has 2 aromatic carbocycles. The van der Waals surface area contributed by atoms with Crippen molar-refractivity contribution in [2.24, 2.45) is 0 Å². The van der Waals surface area contributed by atoms with Crippen LogP contribution in [0.1, 0.15) is 34.0 Å². The topological polar surface area (TPSA) is 120 Å². The second-order valence-electron chi connectivity index (χ2n) is 7.82. The van der Waals surface area contributed by atoms with Crippen molar-refractivity contribution >= 4 is 17.8 Å². The number of hydrogen-bond acceptors (Lipinski definition) is 4. The van der Waals surface area contributed by atoms with Crippen LogP contribution in [0.2, 0.25) is 0 Å². The number of urea groups is 1. The summed E-state index contributed by atoms with van der Waals surface area (Å²) in [6, 6.07) is 6.44. The van der Waals surface area contributed by atoms with Gasteiger partial charge in [-0.2, -0.15) is 13.2 Å². The summed E-state index contributed by atoms with van der Waals surface area (Å²) in [5.41, 5.74) is -1.55. The maximum absolute atomic E-state index is 13.8. The Balaban J connectivity index is 2.16. The van der Waals surface area contributed by atoms with E-state index in [0.29, 0.717) is 11.1 Å². The predicted octanol–water partition coefficient (Wildman–Crippen LogP) is 2.67. The average Bonchev–Trinajstić information content (AvgIpc) is 2.88. The van der Waals surface area contributed by atoms with Crippen LogP contribution in [0.25, 0.3) is 0 Å². The van der Waals surface area contributed by atoms with Gasteiger partial charge in [0, 0.05) is 23.7 Å². The van der Waals surface area contributed by atoms with E-state index >= 15 is 0 Å². The summed E-state index contributed by atoms with van der Waals surface area (Å²) >= 11 is 0. The molecule has 0 aromatic heterocycles. The van der Waals surface area contributed by atoms with E-state index in [1.807, 2.05) is 5.32 Å². The minimum atomic E-state index is -4.45. The lowest BCUT2D eigenvalue weighted by molar-refractivity contribution is -0.137. The lowest BCUT2D eigenvalue weighted by Gasteiger charge is -2.36. The Morgan fingerprint density at radius 1 is 0.895 bits per heavy atom. The highest BCUT2D eigenvalue weighted by atomic mass is 19.4. The highest BCUT2D eigenvalue weighted by Gasteiger charge is 2.48. The Kier molecular flexibility index (Phi) is 9.79. The summed E-state index contributed by atoms with van der Waals surface area (Å²) in [5, 5.41) is 15.0. The van der Waals surface area contributed by atoms with Crippen molar-refractivity contribution in [1.82, 2.24) is 21.4 Å². The van der Waals surface area contributed by atoms with Crippen LogP contribution in [0.4, 0.5) is 26.7 Å². The lowest BCUT2D eigenvalue weighted by Crippen LogP contribution is -2.69. The molecule has 2 aromatic rings. The zero-order valence-electron chi connectivity index (χ0n) is 19.8. The number of benzene rings is 2. The van der Waals surface area contributed by atoms with E-state index in [9.17, 15) is 36.3 Å². The molecule has 0 aliphatic heterocycles. The molecule has 8 nitrogen and oxygen atoms in total. The number of hydroxylamine groups is 1. The summed E-state index contributed by atoms with van der Waals surface area (Å²) in [6.07, 6.45) is -7.78. The number of amides is 4. The predicted molar refractivity (Wildman–Crippen MR) is 125 cm³/mol. The van der Waals surface area contributed by atoms with Crippen LogP contribution >= 0.6 is 0 Å². The zero-order valence-corrected chi connectivity index (χ0v) is 19.8. The molecule has 2 atom stereocenters. The molecule has 0 spiro atoms. The summed E-state index contributed by atoms with van der Waals surface area (Å²) < 4.78 is 65.4. The first-order valence-corrected chi connectivity index (χ1v) is 10.6. The number of hydrogen-bond donors (Lipinski definition) is 5. The van der Waals surface area contributed by atoms with E-state index in [4.69, 9.17) is 5.21 Å². The summed E-state index contributed by atoms with van der Waals surface area (Å²) in [5.74, 6) is 7.89. The first-order chi connectivity index (χ1) is 17.8. The van der Waals surface area contributed by atoms with Crippen LogP contribution in [-0.4, -0.2) is 48.1 Å². The van der Waals surface area contributed by atoms with E-state index in [1.165, 1.54) is 41.9 Å². The molecule has 4 amide bonds. The van der Waals surface area contributed by atoms with Crippen molar-refractivity contribution in [3.63, 3.8) is 0 Å². The normalized spacial score (nSPS) is 13.0. The Hall–Kier alpha value is -4.62. The van der Waals surface area contributed by atoms with Gasteiger partial charge in [-0.05, 0) is 67.3 Å². The molecule has 0 fully saturated rings. The molecule has 0 radical (unpaired) electrons. The van der Waals surface area contributed by atoms with Crippen molar-refractivity contribution in [2.75, 3.05) is 7.05 Å². The minimum absolute atomic E-state index is 0.0568. The molecule has 0 saturated heterocycles. The van der Waals surface area contributed by atoms with Crippen molar-refractivity contribution in [2.45, 2.75) is 31.1 Å². The van der Waals surface area contributed by atoms with Crippen LogP contribution in [-0.2, 0) is 11.0 Å². The van der Waals surface area contributed by atoms with Gasteiger partial charge in [-0.25, -0.2) is 19.1 Å². The maximum atomic E-state index is 13.8. The first kappa shape index (κ1) is 29.6. The highest BCUT2D eigenvalue weighted by Crippen LogP contribution is 2.29. The van der Waals surface area contributed by atoms with Gasteiger partial charge < -0.3 is 16.0 Å². The third-order valence-corrected chi connectivity index (χ3v) is 5.15. The molecule has 2 rings (SSSR count). The van der Waals surface area contributed by atoms with Gasteiger partial charge in [0.1, 0.15) is 11.6 Å². The molecule has 0 heterocycles. The Labute approximate surface area is 213 Å². The van der Waals surface area contributed by atoms with Crippen molar-refractivity contribution in [3.8, 4) is 23.7 Å². The van der Waals surface area contributed by atoms with Crippen LogP contribution in [0, 0.1) is 23.7 Å². The van der Waals surface area contributed by atoms with E-state index < -0.39 is 47.6 Å². The van der Waals surface area contributed by atoms with Gasteiger partial charge in [-0.15, -0.1) is 0 Å². The lowest BCUT2D eigenvalue weighted by atomic mass is 9.91. The Morgan fingerprint density at radius 3 is 1.82 bits per heavy atom. The van der Waals surface area contributed by atoms with Crippen LogP contribution < -0.4 is 21.4 Å². The molecule has 0 saturated carbocycles. The van der Waals surface area contributed by atoms with Gasteiger partial charge >= 0.3 is 12.2 Å². The minimum Gasteiger partial charge on any atom is -0.341 e. The maximum Gasteiger partial charge on any atom is 0.416 e. The monoisotopic (exact) mass is 536 g/mol. The number of rotatable bonds is 6. The largest absolute Gasteiger partial charge is 0.416 e. The summed E-state index contributed by atoms with van der Waals surface area (Å²) in [4.78, 5) is 36.4. The molecular formula is C25H21F5N4O4. The third kappa shape index (κ3) is 7.69. The van der Waals surface area contributed by atoms with E-state index in [1.54, 1.807) is 0 Å². The molecule has 200 valence electrons. The molecule has 0 bridgehead atoms. The molecule has 0 aliphatic rings. The number of carbonyl (C=O) groups excluding carboxylic acids is 3. The second-order valence-corrected chi connectivity index (χ2v) is 7.82. The van der Waals surface area contributed by atoms with Gasteiger partial charge in [-0.1, -0.05) is 11.8 Å². The van der Waals surface area contributed by atoms with Gasteiger partial charge in [0.25, 0.3) is 18.2 Å². The molecule has 1 unspecified atom stereocenters. The molecule has 5 N–H and O–H groups in total. The smallest absolute Gasteiger partial charge is 0.341 e. The fraction of sp³-hybridized carbons (Fsp3) is 0.240. The zero-order chi connectivity index (χ0) is 28.5.